The molecule has 0 atom stereocenters. The van der Waals surface area contributed by atoms with Crippen molar-refractivity contribution in [2.24, 2.45) is 5.10 Å². The maximum Gasteiger partial charge on any atom is 0.343 e. The fourth-order valence-electron chi connectivity index (χ4n) is 2.56. The first-order valence-corrected chi connectivity index (χ1v) is 9.99. The van der Waals surface area contributed by atoms with Gasteiger partial charge in [-0.1, -0.05) is 34.1 Å². The molecule has 7 heteroatoms. The number of aryl methyl sites for hydroxylation is 1. The number of nitrogens with one attached hydrogen (secondary N) is 2. The lowest BCUT2D eigenvalue weighted by Gasteiger charge is -2.06. The number of esters is 1. The summed E-state index contributed by atoms with van der Waals surface area (Å²) in [7, 11) is 0. The molecule has 3 aromatic carbocycles. The number of hydrogen-bond acceptors (Lipinski definition) is 5. The van der Waals surface area contributed by atoms with Gasteiger partial charge in [-0.25, -0.2) is 10.2 Å². The first-order valence-electron chi connectivity index (χ1n) is 9.20. The summed E-state index contributed by atoms with van der Waals surface area (Å²) in [5.74, 6) is -0.276. The van der Waals surface area contributed by atoms with E-state index >= 15 is 0 Å². The third-order valence-corrected chi connectivity index (χ3v) is 4.52. The summed E-state index contributed by atoms with van der Waals surface area (Å²) < 4.78 is 6.16. The number of anilines is 1. The summed E-state index contributed by atoms with van der Waals surface area (Å²) >= 11 is 3.33. The molecule has 0 bridgehead atoms. The van der Waals surface area contributed by atoms with Gasteiger partial charge in [-0.05, 0) is 72.6 Å². The average Bonchev–Trinajstić information content (AvgIpc) is 2.73. The second kappa shape index (κ2) is 10.4. The number of halogens is 1. The Morgan fingerprint density at radius 3 is 2.53 bits per heavy atom. The van der Waals surface area contributed by atoms with E-state index in [1.54, 1.807) is 42.5 Å². The Morgan fingerprint density at radius 1 is 1.03 bits per heavy atom. The van der Waals surface area contributed by atoms with Gasteiger partial charge in [0.05, 0.1) is 18.3 Å². The first-order chi connectivity index (χ1) is 14.5. The molecule has 0 heterocycles. The van der Waals surface area contributed by atoms with Gasteiger partial charge in [-0.15, -0.1) is 0 Å². The van der Waals surface area contributed by atoms with E-state index in [0.717, 1.165) is 21.3 Å². The van der Waals surface area contributed by atoms with E-state index < -0.39 is 5.97 Å². The van der Waals surface area contributed by atoms with Crippen LogP contribution in [0.2, 0.25) is 0 Å². The van der Waals surface area contributed by atoms with E-state index in [2.05, 4.69) is 31.8 Å². The van der Waals surface area contributed by atoms with Crippen LogP contribution in [-0.4, -0.2) is 24.6 Å². The summed E-state index contributed by atoms with van der Waals surface area (Å²) in [6.07, 6.45) is 1.52. The lowest BCUT2D eigenvalue weighted by molar-refractivity contribution is -0.119. The number of nitrogens with zero attached hydrogens (tertiary/aromatic N) is 1. The summed E-state index contributed by atoms with van der Waals surface area (Å²) in [6.45, 7) is 2.10. The normalized spacial score (nSPS) is 10.6. The number of amides is 1. The van der Waals surface area contributed by atoms with E-state index in [-0.39, 0.29) is 12.5 Å². The van der Waals surface area contributed by atoms with Crippen LogP contribution >= 0.6 is 15.9 Å². The number of ether oxygens (including phenoxy) is 1. The molecule has 0 saturated carbocycles. The van der Waals surface area contributed by atoms with E-state index in [0.29, 0.717) is 11.3 Å². The van der Waals surface area contributed by atoms with Crippen molar-refractivity contribution in [3.8, 4) is 5.75 Å². The van der Waals surface area contributed by atoms with Gasteiger partial charge in [0.25, 0.3) is 5.91 Å². The molecule has 0 aliphatic rings. The van der Waals surface area contributed by atoms with E-state index in [1.807, 2.05) is 37.3 Å². The van der Waals surface area contributed by atoms with Gasteiger partial charge in [-0.3, -0.25) is 4.79 Å². The first kappa shape index (κ1) is 21.3. The predicted octanol–water partition coefficient (Wildman–Crippen LogP) is 4.54. The molecular formula is C23H20BrN3O3. The second-order valence-electron chi connectivity index (χ2n) is 6.49. The highest BCUT2D eigenvalue weighted by Crippen LogP contribution is 2.16. The fraction of sp³-hybridized carbons (Fsp3) is 0.0870. The molecule has 2 N–H and O–H groups in total. The molecule has 6 nitrogen and oxygen atoms in total. The van der Waals surface area contributed by atoms with Crippen LogP contribution < -0.4 is 15.5 Å². The number of carbonyl (C=O) groups is 2. The Balaban J connectivity index is 1.47. The van der Waals surface area contributed by atoms with E-state index in [1.165, 1.54) is 6.21 Å². The molecule has 0 saturated heterocycles. The maximum atomic E-state index is 12.2. The van der Waals surface area contributed by atoms with Gasteiger partial charge in [0, 0.05) is 10.2 Å². The molecule has 152 valence electrons. The van der Waals surface area contributed by atoms with Crippen LogP contribution in [0.4, 0.5) is 5.69 Å². The highest BCUT2D eigenvalue weighted by atomic mass is 79.9. The topological polar surface area (TPSA) is 79.8 Å². The summed E-state index contributed by atoms with van der Waals surface area (Å²) in [6, 6.07) is 21.6. The number of benzene rings is 3. The molecule has 1 amide bonds. The molecule has 0 spiro atoms. The highest BCUT2D eigenvalue weighted by molar-refractivity contribution is 9.10. The van der Waals surface area contributed by atoms with Crippen LogP contribution in [0.15, 0.2) is 82.4 Å². The van der Waals surface area contributed by atoms with Crippen molar-refractivity contribution < 1.29 is 14.3 Å². The molecular weight excluding hydrogens is 446 g/mol. The molecule has 0 fully saturated rings. The zero-order valence-electron chi connectivity index (χ0n) is 16.3. The monoisotopic (exact) mass is 465 g/mol. The molecule has 3 aromatic rings. The zero-order chi connectivity index (χ0) is 21.3. The van der Waals surface area contributed by atoms with Crippen molar-refractivity contribution in [3.63, 3.8) is 0 Å². The molecule has 0 radical (unpaired) electrons. The van der Waals surface area contributed by atoms with Crippen molar-refractivity contribution in [1.29, 1.82) is 0 Å². The van der Waals surface area contributed by atoms with Crippen LogP contribution in [-0.2, 0) is 4.79 Å². The molecule has 30 heavy (non-hydrogen) atoms. The Hall–Kier alpha value is -3.45. The van der Waals surface area contributed by atoms with Crippen LogP contribution in [0.5, 0.6) is 5.75 Å². The lowest BCUT2D eigenvalue weighted by Crippen LogP contribution is -2.25. The number of hydrogen-bond donors (Lipinski definition) is 2. The van der Waals surface area contributed by atoms with Crippen molar-refractivity contribution in [1.82, 2.24) is 5.43 Å². The molecule has 0 unspecified atom stereocenters. The SMILES string of the molecule is Cc1cccc(NCC(=O)N/N=C\c2ccc(OC(=O)c3cccc(Br)c3)cc2)c1. The molecule has 0 aliphatic heterocycles. The maximum absolute atomic E-state index is 12.2. The Labute approximate surface area is 183 Å². The zero-order valence-corrected chi connectivity index (χ0v) is 17.8. The highest BCUT2D eigenvalue weighted by Gasteiger charge is 2.08. The van der Waals surface area contributed by atoms with Crippen molar-refractivity contribution >= 4 is 39.7 Å². The second-order valence-corrected chi connectivity index (χ2v) is 7.40. The average molecular weight is 466 g/mol. The third-order valence-electron chi connectivity index (χ3n) is 4.02. The summed E-state index contributed by atoms with van der Waals surface area (Å²) in [4.78, 5) is 24.0. The molecule has 0 aromatic heterocycles. The standard InChI is InChI=1S/C23H20BrN3O3/c1-16-4-2-7-20(12-16)25-15-22(28)27-26-14-17-8-10-21(11-9-17)30-23(29)18-5-3-6-19(24)13-18/h2-14,25H,15H2,1H3,(H,27,28)/b26-14-. The number of carbonyl (C=O) groups excluding carboxylic acids is 2. The van der Waals surface area contributed by atoms with Crippen LogP contribution in [0.25, 0.3) is 0 Å². The fourth-order valence-corrected chi connectivity index (χ4v) is 2.96. The van der Waals surface area contributed by atoms with E-state index in [9.17, 15) is 9.59 Å². The molecule has 3 rings (SSSR count). The Morgan fingerprint density at radius 2 is 1.80 bits per heavy atom. The van der Waals surface area contributed by atoms with E-state index in [4.69, 9.17) is 4.74 Å². The minimum absolute atomic E-state index is 0.116. The summed E-state index contributed by atoms with van der Waals surface area (Å²) in [5, 5.41) is 6.98. The lowest BCUT2D eigenvalue weighted by atomic mass is 10.2. The van der Waals surface area contributed by atoms with Crippen LogP contribution in [0, 0.1) is 6.92 Å². The summed E-state index contributed by atoms with van der Waals surface area (Å²) in [5.41, 5.74) is 5.67. The minimum atomic E-state index is -0.439. The number of rotatable bonds is 7. The van der Waals surface area contributed by atoms with Crippen molar-refractivity contribution in [3.05, 3.63) is 94.0 Å². The molecule has 0 aliphatic carbocycles. The van der Waals surface area contributed by atoms with Gasteiger partial charge >= 0.3 is 5.97 Å². The third kappa shape index (κ3) is 6.56. The van der Waals surface area contributed by atoms with Gasteiger partial charge < -0.3 is 10.1 Å². The largest absolute Gasteiger partial charge is 0.423 e. The quantitative estimate of drug-likeness (QED) is 0.232. The van der Waals surface area contributed by atoms with Gasteiger partial charge in [0.15, 0.2) is 0 Å². The van der Waals surface area contributed by atoms with Crippen LogP contribution in [0.1, 0.15) is 21.5 Å². The van der Waals surface area contributed by atoms with Crippen LogP contribution in [0.3, 0.4) is 0 Å². The van der Waals surface area contributed by atoms with Gasteiger partial charge in [0.2, 0.25) is 0 Å². The smallest absolute Gasteiger partial charge is 0.343 e. The Bertz CT molecular complexity index is 1070. The van der Waals surface area contributed by atoms with Gasteiger partial charge in [0.1, 0.15) is 5.75 Å². The number of hydrazone groups is 1. The minimum Gasteiger partial charge on any atom is -0.423 e. The van der Waals surface area contributed by atoms with Crippen molar-refractivity contribution in [2.75, 3.05) is 11.9 Å². The van der Waals surface area contributed by atoms with Gasteiger partial charge in [-0.2, -0.15) is 5.10 Å². The predicted molar refractivity (Wildman–Crippen MR) is 121 cm³/mol. The van der Waals surface area contributed by atoms with Crippen molar-refractivity contribution in [2.45, 2.75) is 6.92 Å². The Kier molecular flexibility index (Phi) is 7.34.